The van der Waals surface area contributed by atoms with E-state index in [1.54, 1.807) is 10.5 Å². The van der Waals surface area contributed by atoms with E-state index in [2.05, 4.69) is 105 Å². The Morgan fingerprint density at radius 2 is 1.18 bits per heavy atom. The van der Waals surface area contributed by atoms with Crippen molar-refractivity contribution in [2.75, 3.05) is 14.1 Å². The quantitative estimate of drug-likeness (QED) is 0.119. The predicted octanol–water partition coefficient (Wildman–Crippen LogP) is 11.3. The number of nitrogens with one attached hydrogen (secondary N) is 1. The van der Waals surface area contributed by atoms with E-state index in [0.717, 1.165) is 90.5 Å². The summed E-state index contributed by atoms with van der Waals surface area (Å²) < 4.78 is 0. The fraction of sp³-hybridized carbons (Fsp3) is 0.241. The smallest absolute Gasteiger partial charge is 0.221 e. The third-order valence-corrected chi connectivity index (χ3v) is 13.8. The van der Waals surface area contributed by atoms with Gasteiger partial charge in [-0.15, -0.1) is 17.4 Å². The summed E-state index contributed by atoms with van der Waals surface area (Å²) in [6, 6.07) is 45.8. The van der Waals surface area contributed by atoms with Gasteiger partial charge in [0.1, 0.15) is 5.71 Å². The van der Waals surface area contributed by atoms with Crippen molar-refractivity contribution in [2.45, 2.75) is 57.1 Å². The lowest BCUT2D eigenvalue weighted by molar-refractivity contribution is -0.224. The molecule has 3 atom stereocenters. The first-order valence-electron chi connectivity index (χ1n) is 21.6. The number of halogens is 1. The Morgan fingerprint density at radius 3 is 1.77 bits per heavy atom. The number of nitrogens with two attached hydrogens (primary N) is 1. The lowest BCUT2D eigenvalue weighted by Crippen LogP contribution is -2.47. The molecule has 5 aliphatic rings. The first-order chi connectivity index (χ1) is 31.2. The van der Waals surface area contributed by atoms with Crippen LogP contribution < -0.4 is 11.2 Å². The van der Waals surface area contributed by atoms with Crippen molar-refractivity contribution in [1.29, 1.82) is 0 Å². The van der Waals surface area contributed by atoms with Gasteiger partial charge in [-0.05, 0) is 131 Å². The summed E-state index contributed by atoms with van der Waals surface area (Å²) >= 11 is 0. The third-order valence-electron chi connectivity index (χ3n) is 13.8. The SMILES string of the molecule is CNO.Cl.[C-]#[N+]/N=C1\c2cc(-c3cccc([N+]#[C-])c3)ccc2CC12CCc1ccccc1C2.[C-]#[N+]c1cccc(-c2ccc3c(c2)C2(N=C(N)N(C)O2)C2(CCc4ccccc4C2)C3)c1. The minimum absolute atomic E-state index is 0. The zero-order valence-corrected chi connectivity index (χ0v) is 37.2. The summed E-state index contributed by atoms with van der Waals surface area (Å²) in [6.45, 7) is 22.1. The highest BCUT2D eigenvalue weighted by molar-refractivity contribution is 6.10. The Bertz CT molecular complexity index is 3000. The third kappa shape index (κ3) is 7.95. The number of benzene rings is 6. The maximum absolute atomic E-state index is 7.43. The first-order valence-corrected chi connectivity index (χ1v) is 21.6. The molecule has 6 aromatic carbocycles. The van der Waals surface area contributed by atoms with E-state index in [9.17, 15) is 0 Å². The molecule has 11 rings (SSSR count). The van der Waals surface area contributed by atoms with Crippen LogP contribution in [-0.2, 0) is 49.1 Å². The van der Waals surface area contributed by atoms with Crippen LogP contribution in [0.2, 0.25) is 0 Å². The first kappa shape index (κ1) is 44.5. The molecule has 4 N–H and O–H groups in total. The molecule has 3 spiro atoms. The lowest BCUT2D eigenvalue weighted by Gasteiger charge is -2.44. The van der Waals surface area contributed by atoms with Gasteiger partial charge >= 0.3 is 0 Å². The van der Waals surface area contributed by atoms with Gasteiger partial charge < -0.3 is 10.9 Å². The van der Waals surface area contributed by atoms with Crippen molar-refractivity contribution in [1.82, 2.24) is 10.5 Å². The molecule has 0 amide bonds. The molecule has 1 heterocycles. The molecule has 3 unspecified atom stereocenters. The number of hydroxylamine groups is 3. The van der Waals surface area contributed by atoms with Gasteiger partial charge in [0, 0.05) is 36.1 Å². The van der Waals surface area contributed by atoms with Gasteiger partial charge in [-0.1, -0.05) is 109 Å². The Hall–Kier alpha value is -7.10. The molecule has 0 aromatic heterocycles. The largest absolute Gasteiger partial charge is 0.368 e. The molecule has 10 nitrogen and oxygen atoms in total. The highest BCUT2D eigenvalue weighted by Gasteiger charge is 2.63. The highest BCUT2D eigenvalue weighted by Crippen LogP contribution is 2.61. The van der Waals surface area contributed by atoms with E-state index in [0.29, 0.717) is 17.3 Å². The van der Waals surface area contributed by atoms with Crippen molar-refractivity contribution < 1.29 is 10.0 Å². The van der Waals surface area contributed by atoms with Crippen LogP contribution in [0.5, 0.6) is 0 Å². The number of aryl methyl sites for hydroxylation is 2. The highest BCUT2D eigenvalue weighted by atomic mass is 35.5. The Morgan fingerprint density at radius 1 is 0.662 bits per heavy atom. The molecule has 0 saturated heterocycles. The molecule has 0 radical (unpaired) electrons. The number of rotatable bonds is 2. The standard InChI is InChI=1S/C27H24N4O.C26H19N3.CH5NO.ClH/c1-29-23-9-5-8-19(14-23)20-10-11-22-17-26(13-12-18-6-3-4-7-21(18)16-26)27(24(22)15-20)30-25(28)31(2)32-27;1-27-23-9-5-8-19(14-23)20-10-11-22-17-26(25(29-28-2)24(22)15-20)13-12-18-6-3-4-7-21(18)16-26;1-2-3;/h3-11,14-15H,12-13,16-17H2,2H3,(H2,28,30);3-11,14-15H,12-13,16-17H2;2-3H,1H3;1H/b;29-25+;;. The van der Waals surface area contributed by atoms with Crippen LogP contribution >= 0.6 is 12.4 Å². The molecule has 65 heavy (non-hydrogen) atoms. The van der Waals surface area contributed by atoms with Gasteiger partial charge in [0.2, 0.25) is 11.7 Å². The molecule has 0 bridgehead atoms. The lowest BCUT2D eigenvalue weighted by atomic mass is 9.65. The van der Waals surface area contributed by atoms with E-state index < -0.39 is 5.72 Å². The van der Waals surface area contributed by atoms with Gasteiger partial charge in [0.15, 0.2) is 11.4 Å². The number of hydrogen-bond donors (Lipinski definition) is 3. The summed E-state index contributed by atoms with van der Waals surface area (Å²) in [5.41, 5.74) is 23.7. The Labute approximate surface area is 386 Å². The average Bonchev–Trinajstić information content (AvgIpc) is 3.89. The molecule has 0 saturated carbocycles. The summed E-state index contributed by atoms with van der Waals surface area (Å²) in [7, 11) is 3.26. The molecule has 1 aliphatic heterocycles. The maximum Gasteiger partial charge on any atom is 0.221 e. The second-order valence-corrected chi connectivity index (χ2v) is 17.3. The molecule has 324 valence electrons. The minimum atomic E-state index is -0.831. The normalized spacial score (nSPS) is 22.1. The van der Waals surface area contributed by atoms with Crippen molar-refractivity contribution >= 4 is 35.5 Å². The van der Waals surface area contributed by atoms with Crippen molar-refractivity contribution in [2.24, 2.45) is 26.7 Å². The fourth-order valence-corrected chi connectivity index (χ4v) is 10.8. The minimum Gasteiger partial charge on any atom is -0.368 e. The number of hydrogen-bond acceptors (Lipinski definition) is 7. The topological polar surface area (TPSA) is 109 Å². The van der Waals surface area contributed by atoms with E-state index >= 15 is 0 Å². The Balaban J connectivity index is 0.000000166. The van der Waals surface area contributed by atoms with Crippen LogP contribution in [0.1, 0.15) is 57.3 Å². The van der Waals surface area contributed by atoms with E-state index in [1.165, 1.54) is 40.4 Å². The van der Waals surface area contributed by atoms with Gasteiger partial charge in [-0.2, -0.15) is 6.57 Å². The monoisotopic (exact) mass is 876 g/mol. The number of guanidine groups is 1. The summed E-state index contributed by atoms with van der Waals surface area (Å²) in [5.74, 6) is 0.413. The maximum atomic E-state index is 7.43. The molecule has 0 fully saturated rings. The van der Waals surface area contributed by atoms with E-state index in [-0.39, 0.29) is 23.2 Å². The molecule has 11 heteroatoms. The van der Waals surface area contributed by atoms with Crippen LogP contribution in [0.3, 0.4) is 0 Å². The fourth-order valence-electron chi connectivity index (χ4n) is 10.8. The second kappa shape index (κ2) is 18.2. The van der Waals surface area contributed by atoms with Crippen molar-refractivity contribution in [3.05, 3.63) is 212 Å². The Kier molecular flexibility index (Phi) is 12.4. The van der Waals surface area contributed by atoms with Crippen LogP contribution in [0.15, 0.2) is 144 Å². The predicted molar refractivity (Wildman–Crippen MR) is 259 cm³/mol. The summed E-state index contributed by atoms with van der Waals surface area (Å²) in [6.07, 6.45) is 7.74. The van der Waals surface area contributed by atoms with Crippen molar-refractivity contribution in [3.63, 3.8) is 0 Å². The van der Waals surface area contributed by atoms with Crippen LogP contribution in [0.4, 0.5) is 11.4 Å². The summed E-state index contributed by atoms with van der Waals surface area (Å²) in [4.78, 5) is 22.1. The number of nitrogens with zero attached hydrogens (tertiary/aromatic N) is 6. The van der Waals surface area contributed by atoms with E-state index in [1.807, 2.05) is 55.6 Å². The van der Waals surface area contributed by atoms with Crippen LogP contribution in [-0.4, -0.2) is 36.0 Å². The van der Waals surface area contributed by atoms with E-state index in [4.69, 9.17) is 40.5 Å². The zero-order chi connectivity index (χ0) is 44.5. The number of aliphatic imine (C=N–C) groups is 1. The molecular formula is C54H49ClN8O2. The zero-order valence-electron chi connectivity index (χ0n) is 36.4. The van der Waals surface area contributed by atoms with Gasteiger partial charge in [-0.25, -0.2) is 30.1 Å². The van der Waals surface area contributed by atoms with Crippen molar-refractivity contribution in [3.8, 4) is 22.3 Å². The molecule has 6 aromatic rings. The number of fused-ring (bicyclic) bond motifs is 6. The average molecular weight is 877 g/mol. The molecular weight excluding hydrogens is 828 g/mol. The van der Waals surface area contributed by atoms with Gasteiger partial charge in [-0.3, -0.25) is 0 Å². The van der Waals surface area contributed by atoms with Crippen LogP contribution in [0.25, 0.3) is 36.9 Å². The molecule has 4 aliphatic carbocycles. The van der Waals surface area contributed by atoms with Gasteiger partial charge in [0.05, 0.1) is 18.2 Å². The second-order valence-electron chi connectivity index (χ2n) is 17.3. The van der Waals surface area contributed by atoms with Crippen LogP contribution in [0, 0.1) is 30.5 Å². The van der Waals surface area contributed by atoms with Gasteiger partial charge in [0.25, 0.3) is 0 Å². The summed E-state index contributed by atoms with van der Waals surface area (Å²) in [5, 5.41) is 13.3.